The molecule has 0 spiro atoms. The van der Waals surface area contributed by atoms with Crippen molar-refractivity contribution in [2.45, 2.75) is 6.92 Å². The highest BCUT2D eigenvalue weighted by Gasteiger charge is 2.17. The van der Waals surface area contributed by atoms with E-state index in [-0.39, 0.29) is 12.5 Å². The first-order valence-corrected chi connectivity index (χ1v) is 10.0. The van der Waals surface area contributed by atoms with E-state index in [1.807, 2.05) is 41.9 Å². The molecule has 3 aromatic rings. The van der Waals surface area contributed by atoms with Gasteiger partial charge in [-0.05, 0) is 30.7 Å². The van der Waals surface area contributed by atoms with Gasteiger partial charge in [-0.2, -0.15) is 5.10 Å². The van der Waals surface area contributed by atoms with E-state index >= 15 is 0 Å². The Morgan fingerprint density at radius 1 is 1.28 bits per heavy atom. The largest absolute Gasteiger partial charge is 0.482 e. The lowest BCUT2D eigenvalue weighted by Gasteiger charge is -2.18. The summed E-state index contributed by atoms with van der Waals surface area (Å²) in [5.41, 5.74) is 4.64. The molecule has 0 aliphatic carbocycles. The second-order valence-corrected chi connectivity index (χ2v) is 7.38. The van der Waals surface area contributed by atoms with Crippen molar-refractivity contribution in [3.05, 3.63) is 76.4 Å². The third-order valence-corrected chi connectivity index (χ3v) is 5.20. The average Bonchev–Trinajstić information content (AvgIpc) is 3.14. The van der Waals surface area contributed by atoms with Crippen LogP contribution in [-0.2, 0) is 4.79 Å². The Morgan fingerprint density at radius 3 is 2.90 bits per heavy atom. The molecule has 1 N–H and O–H groups in total. The lowest BCUT2D eigenvalue weighted by Crippen LogP contribution is -2.25. The standard InChI is InChI=1S/C22H20N4O2S/c1-3-10-23-22-26(24-12-16-6-4-15(2)5-7-16)19(14-29-22)17-8-9-20-18(11-17)25-21(27)13-28-20/h3-9,11-12,14H,1,10,13H2,2H3,(H,25,27). The Balaban J connectivity index is 1.77. The molecule has 0 fully saturated rings. The number of benzene rings is 2. The molecular formula is C22H20N4O2S. The van der Waals surface area contributed by atoms with Crippen LogP contribution in [-0.4, -0.2) is 29.9 Å². The predicted molar refractivity (Wildman–Crippen MR) is 117 cm³/mol. The molecule has 146 valence electrons. The second-order valence-electron chi connectivity index (χ2n) is 6.55. The Morgan fingerprint density at radius 2 is 2.10 bits per heavy atom. The minimum absolute atomic E-state index is 0.0379. The van der Waals surface area contributed by atoms with Gasteiger partial charge >= 0.3 is 0 Å². The van der Waals surface area contributed by atoms with Crippen LogP contribution in [0.15, 0.2) is 70.6 Å². The molecule has 1 aliphatic rings. The third-order valence-electron chi connectivity index (χ3n) is 4.35. The van der Waals surface area contributed by atoms with Crippen LogP contribution in [0.25, 0.3) is 11.3 Å². The molecule has 29 heavy (non-hydrogen) atoms. The average molecular weight is 404 g/mol. The summed E-state index contributed by atoms with van der Waals surface area (Å²) in [6, 6.07) is 13.9. The van der Waals surface area contributed by atoms with Gasteiger partial charge in [0.15, 0.2) is 6.61 Å². The lowest BCUT2D eigenvalue weighted by molar-refractivity contribution is -0.118. The summed E-state index contributed by atoms with van der Waals surface area (Å²) < 4.78 is 7.26. The zero-order valence-electron chi connectivity index (χ0n) is 16.0. The molecular weight excluding hydrogens is 384 g/mol. The highest BCUT2D eigenvalue weighted by atomic mass is 32.1. The normalized spacial score (nSPS) is 13.8. The summed E-state index contributed by atoms with van der Waals surface area (Å²) in [5.74, 6) is 0.502. The van der Waals surface area contributed by atoms with Gasteiger partial charge in [-0.1, -0.05) is 35.9 Å². The predicted octanol–water partition coefficient (Wildman–Crippen LogP) is 3.82. The molecule has 4 rings (SSSR count). The lowest BCUT2D eigenvalue weighted by atomic mass is 10.1. The molecule has 6 nitrogen and oxygen atoms in total. The highest BCUT2D eigenvalue weighted by molar-refractivity contribution is 7.07. The van der Waals surface area contributed by atoms with Crippen molar-refractivity contribution in [2.24, 2.45) is 10.1 Å². The van der Waals surface area contributed by atoms with Crippen molar-refractivity contribution in [3.63, 3.8) is 0 Å². The van der Waals surface area contributed by atoms with Crippen LogP contribution in [0.1, 0.15) is 11.1 Å². The van der Waals surface area contributed by atoms with Crippen molar-refractivity contribution in [3.8, 4) is 17.0 Å². The summed E-state index contributed by atoms with van der Waals surface area (Å²) in [5, 5.41) is 9.53. The number of carbonyl (C=O) groups is 1. The summed E-state index contributed by atoms with van der Waals surface area (Å²) in [4.78, 5) is 17.0. The zero-order valence-corrected chi connectivity index (χ0v) is 16.8. The van der Waals surface area contributed by atoms with Gasteiger partial charge in [-0.15, -0.1) is 17.9 Å². The van der Waals surface area contributed by atoms with Gasteiger partial charge in [0, 0.05) is 10.9 Å². The molecule has 1 aromatic heterocycles. The van der Waals surface area contributed by atoms with Gasteiger partial charge in [-0.25, -0.2) is 4.68 Å². The second kappa shape index (κ2) is 8.28. The molecule has 0 bridgehead atoms. The van der Waals surface area contributed by atoms with E-state index < -0.39 is 0 Å². The third kappa shape index (κ3) is 4.20. The molecule has 1 aliphatic heterocycles. The summed E-state index contributed by atoms with van der Waals surface area (Å²) in [7, 11) is 0. The number of anilines is 1. The molecule has 1 amide bonds. The zero-order chi connectivity index (χ0) is 20.2. The van der Waals surface area contributed by atoms with Crippen LogP contribution in [0, 0.1) is 6.92 Å². The van der Waals surface area contributed by atoms with Gasteiger partial charge in [0.25, 0.3) is 5.91 Å². The molecule has 0 atom stereocenters. The number of hydrogen-bond acceptors (Lipinski definition) is 5. The number of nitrogens with zero attached hydrogens (tertiary/aromatic N) is 3. The number of thiazole rings is 1. The van der Waals surface area contributed by atoms with Crippen molar-refractivity contribution in [1.29, 1.82) is 0 Å². The Labute approximate surface area is 172 Å². The van der Waals surface area contributed by atoms with E-state index in [1.54, 1.807) is 10.8 Å². The SMILES string of the molecule is C=CCN=c1scc(-c2ccc3c(c2)NC(=O)CO3)n1N=Cc1ccc(C)cc1. The van der Waals surface area contributed by atoms with Crippen LogP contribution in [0.3, 0.4) is 0 Å². The number of rotatable bonds is 5. The maximum absolute atomic E-state index is 11.7. The summed E-state index contributed by atoms with van der Waals surface area (Å²) >= 11 is 1.50. The first-order valence-electron chi connectivity index (χ1n) is 9.14. The minimum Gasteiger partial charge on any atom is -0.482 e. The number of carbonyl (C=O) groups excluding carboxylic acids is 1. The highest BCUT2D eigenvalue weighted by Crippen LogP contribution is 2.32. The van der Waals surface area contributed by atoms with Crippen LogP contribution in [0.2, 0.25) is 0 Å². The minimum atomic E-state index is -0.160. The fourth-order valence-corrected chi connectivity index (χ4v) is 3.73. The van der Waals surface area contributed by atoms with Gasteiger partial charge in [0.1, 0.15) is 5.75 Å². The van der Waals surface area contributed by atoms with Crippen LogP contribution in [0.5, 0.6) is 5.75 Å². The number of fused-ring (bicyclic) bond motifs is 1. The monoisotopic (exact) mass is 404 g/mol. The van der Waals surface area contributed by atoms with Crippen molar-refractivity contribution in [2.75, 3.05) is 18.5 Å². The van der Waals surface area contributed by atoms with Crippen molar-refractivity contribution >= 4 is 29.1 Å². The molecule has 0 saturated carbocycles. The van der Waals surface area contributed by atoms with E-state index in [4.69, 9.17) is 4.74 Å². The quantitative estimate of drug-likeness (QED) is 0.519. The van der Waals surface area contributed by atoms with E-state index in [9.17, 15) is 4.79 Å². The van der Waals surface area contributed by atoms with E-state index in [1.165, 1.54) is 16.9 Å². The molecule has 7 heteroatoms. The first kappa shape index (κ1) is 18.9. The van der Waals surface area contributed by atoms with Crippen molar-refractivity contribution in [1.82, 2.24) is 4.68 Å². The maximum Gasteiger partial charge on any atom is 0.262 e. The number of aryl methyl sites for hydroxylation is 1. The van der Waals surface area contributed by atoms with Gasteiger partial charge in [-0.3, -0.25) is 9.79 Å². The topological polar surface area (TPSA) is 68.0 Å². The van der Waals surface area contributed by atoms with Crippen LogP contribution >= 0.6 is 11.3 Å². The maximum atomic E-state index is 11.7. The van der Waals surface area contributed by atoms with E-state index in [0.29, 0.717) is 18.0 Å². The number of nitrogens with one attached hydrogen (secondary N) is 1. The van der Waals surface area contributed by atoms with E-state index in [0.717, 1.165) is 21.6 Å². The molecule has 0 radical (unpaired) electrons. The van der Waals surface area contributed by atoms with Gasteiger partial charge in [0.2, 0.25) is 4.80 Å². The number of ether oxygens (including phenoxy) is 1. The Kier molecular flexibility index (Phi) is 5.39. The van der Waals surface area contributed by atoms with Crippen LogP contribution in [0.4, 0.5) is 5.69 Å². The first-order chi connectivity index (χ1) is 14.1. The number of aromatic nitrogens is 1. The fraction of sp³-hybridized carbons (Fsp3) is 0.136. The van der Waals surface area contributed by atoms with E-state index in [2.05, 4.69) is 41.0 Å². The molecule has 0 saturated heterocycles. The van der Waals surface area contributed by atoms with Crippen LogP contribution < -0.4 is 14.9 Å². The fourth-order valence-electron chi connectivity index (χ4n) is 2.88. The smallest absolute Gasteiger partial charge is 0.262 e. The Bertz CT molecular complexity index is 1160. The molecule has 0 unspecified atom stereocenters. The van der Waals surface area contributed by atoms with Gasteiger partial charge < -0.3 is 10.1 Å². The molecule has 2 aromatic carbocycles. The number of hydrogen-bond donors (Lipinski definition) is 1. The van der Waals surface area contributed by atoms with Crippen molar-refractivity contribution < 1.29 is 9.53 Å². The molecule has 2 heterocycles. The van der Waals surface area contributed by atoms with Gasteiger partial charge in [0.05, 0.1) is 24.1 Å². The number of amides is 1. The summed E-state index contributed by atoms with van der Waals surface area (Å²) in [6.07, 6.45) is 3.56. The summed E-state index contributed by atoms with van der Waals surface area (Å²) in [6.45, 7) is 6.34. The Hall–Kier alpha value is -3.45.